The molecule has 0 N–H and O–H groups in total. The molecular weight excluding hydrogens is 218 g/mol. The molecule has 4 nitrogen and oxygen atoms in total. The largest absolute Gasteiger partial charge is 0.467 e. The summed E-state index contributed by atoms with van der Waals surface area (Å²) < 4.78 is 4.72. The number of allylic oxidation sites excluding steroid dienone is 3. The van der Waals surface area contributed by atoms with Gasteiger partial charge in [0.05, 0.1) is 7.11 Å². The molecule has 4 heteroatoms. The second kappa shape index (κ2) is 6.89. The highest BCUT2D eigenvalue weighted by Crippen LogP contribution is 2.18. The Kier molecular flexibility index (Phi) is 5.46. The summed E-state index contributed by atoms with van der Waals surface area (Å²) >= 11 is 0. The first-order valence-electron chi connectivity index (χ1n) is 5.88. The summed E-state index contributed by atoms with van der Waals surface area (Å²) in [6, 6.07) is -0.420. The van der Waals surface area contributed by atoms with Crippen LogP contribution in [0.15, 0.2) is 24.3 Å². The van der Waals surface area contributed by atoms with Gasteiger partial charge in [-0.25, -0.2) is 4.79 Å². The van der Waals surface area contributed by atoms with Gasteiger partial charge in [-0.2, -0.15) is 0 Å². The smallest absolute Gasteiger partial charge is 0.328 e. The Balaban J connectivity index is 2.70. The number of carbonyl (C=O) groups excluding carboxylic acids is 2. The minimum Gasteiger partial charge on any atom is -0.467 e. The van der Waals surface area contributed by atoms with Crippen molar-refractivity contribution in [2.24, 2.45) is 0 Å². The van der Waals surface area contributed by atoms with Gasteiger partial charge >= 0.3 is 5.97 Å². The van der Waals surface area contributed by atoms with Gasteiger partial charge in [0.1, 0.15) is 6.04 Å². The Labute approximate surface area is 102 Å². The third-order valence-electron chi connectivity index (χ3n) is 2.80. The van der Waals surface area contributed by atoms with Crippen molar-refractivity contribution in [3.8, 4) is 0 Å². The van der Waals surface area contributed by atoms with Gasteiger partial charge in [0.25, 0.3) is 0 Å². The van der Waals surface area contributed by atoms with E-state index in [-0.39, 0.29) is 11.9 Å². The average molecular weight is 237 g/mol. The van der Waals surface area contributed by atoms with Crippen molar-refractivity contribution in [2.75, 3.05) is 13.7 Å². The van der Waals surface area contributed by atoms with Crippen LogP contribution in [-0.4, -0.2) is 36.5 Å². The number of methoxy groups -OCH3 is 1. The van der Waals surface area contributed by atoms with E-state index in [0.717, 1.165) is 12.8 Å². The number of nitrogens with zero attached hydrogens (tertiary/aromatic N) is 1. The van der Waals surface area contributed by atoms with Crippen molar-refractivity contribution in [1.29, 1.82) is 0 Å². The van der Waals surface area contributed by atoms with E-state index in [1.807, 2.05) is 13.0 Å². The third kappa shape index (κ3) is 3.73. The summed E-state index contributed by atoms with van der Waals surface area (Å²) in [5.74, 6) is -0.448. The molecule has 0 aromatic heterocycles. The van der Waals surface area contributed by atoms with E-state index >= 15 is 0 Å². The molecule has 94 valence electrons. The summed E-state index contributed by atoms with van der Waals surface area (Å²) in [6.45, 7) is 2.51. The van der Waals surface area contributed by atoms with Crippen LogP contribution in [0.5, 0.6) is 0 Å². The predicted molar refractivity (Wildman–Crippen MR) is 65.3 cm³/mol. The molecule has 1 fully saturated rings. The lowest BCUT2D eigenvalue weighted by atomic mass is 10.0. The standard InChI is InChI=1S/C13H19NO3/c1-3-4-5-9-12(15)14-10-7-6-8-11(14)13(16)17-2/h3-5,9,11H,6-8,10H2,1-2H3/b4-3?,9-5+/t11-/m1/s1. The maximum Gasteiger partial charge on any atom is 0.328 e. The predicted octanol–water partition coefficient (Wildman–Crippen LogP) is 1.67. The number of hydrogen-bond donors (Lipinski definition) is 0. The fraction of sp³-hybridized carbons (Fsp3) is 0.538. The van der Waals surface area contributed by atoms with Crippen molar-refractivity contribution in [3.05, 3.63) is 24.3 Å². The van der Waals surface area contributed by atoms with Crippen LogP contribution < -0.4 is 0 Å². The SMILES string of the molecule is CC=C/C=C/C(=O)N1CCCC[C@@H]1C(=O)OC. The van der Waals surface area contributed by atoms with Gasteiger partial charge in [0.15, 0.2) is 0 Å². The van der Waals surface area contributed by atoms with Crippen LogP contribution in [0, 0.1) is 0 Å². The molecule has 0 aliphatic carbocycles. The maximum atomic E-state index is 11.9. The van der Waals surface area contributed by atoms with Crippen molar-refractivity contribution in [3.63, 3.8) is 0 Å². The summed E-state index contributed by atoms with van der Waals surface area (Å²) in [7, 11) is 1.36. The fourth-order valence-electron chi connectivity index (χ4n) is 1.92. The van der Waals surface area contributed by atoms with Crippen LogP contribution in [0.25, 0.3) is 0 Å². The minimum absolute atomic E-state index is 0.127. The monoisotopic (exact) mass is 237 g/mol. The van der Waals surface area contributed by atoms with Crippen LogP contribution in [0.1, 0.15) is 26.2 Å². The molecule has 17 heavy (non-hydrogen) atoms. The van der Waals surface area contributed by atoms with E-state index in [9.17, 15) is 9.59 Å². The highest BCUT2D eigenvalue weighted by molar-refractivity contribution is 5.91. The molecule has 1 heterocycles. The number of likely N-dealkylation sites (tertiary alicyclic amines) is 1. The quantitative estimate of drug-likeness (QED) is 0.426. The van der Waals surface area contributed by atoms with Crippen LogP contribution in [0.4, 0.5) is 0 Å². The molecule has 0 bridgehead atoms. The summed E-state index contributed by atoms with van der Waals surface area (Å²) in [5.41, 5.74) is 0. The summed E-state index contributed by atoms with van der Waals surface area (Å²) in [6.07, 6.45) is 9.40. The van der Waals surface area contributed by atoms with Gasteiger partial charge in [-0.05, 0) is 26.2 Å². The van der Waals surface area contributed by atoms with Crippen molar-refractivity contribution in [1.82, 2.24) is 4.90 Å². The number of rotatable bonds is 3. The van der Waals surface area contributed by atoms with E-state index in [1.54, 1.807) is 17.1 Å². The molecule has 0 aromatic carbocycles. The Morgan fingerprint density at radius 1 is 1.29 bits per heavy atom. The van der Waals surface area contributed by atoms with Crippen molar-refractivity contribution < 1.29 is 14.3 Å². The van der Waals surface area contributed by atoms with E-state index in [2.05, 4.69) is 0 Å². The molecule has 0 spiro atoms. The molecule has 0 unspecified atom stereocenters. The zero-order chi connectivity index (χ0) is 12.7. The molecule has 0 saturated carbocycles. The van der Waals surface area contributed by atoms with Crippen LogP contribution in [0.3, 0.4) is 0 Å². The lowest BCUT2D eigenvalue weighted by Crippen LogP contribution is -2.47. The van der Waals surface area contributed by atoms with Crippen LogP contribution in [-0.2, 0) is 14.3 Å². The van der Waals surface area contributed by atoms with E-state index < -0.39 is 6.04 Å². The molecule has 1 aliphatic heterocycles. The molecule has 1 amide bonds. The molecular formula is C13H19NO3. The van der Waals surface area contributed by atoms with Crippen molar-refractivity contribution >= 4 is 11.9 Å². The minimum atomic E-state index is -0.420. The fourth-order valence-corrected chi connectivity index (χ4v) is 1.92. The van der Waals surface area contributed by atoms with Gasteiger partial charge < -0.3 is 9.64 Å². The maximum absolute atomic E-state index is 11.9. The highest BCUT2D eigenvalue weighted by Gasteiger charge is 2.31. The highest BCUT2D eigenvalue weighted by atomic mass is 16.5. The molecule has 1 aliphatic rings. The first kappa shape index (κ1) is 13.5. The van der Waals surface area contributed by atoms with Gasteiger partial charge in [0, 0.05) is 12.6 Å². The molecule has 0 radical (unpaired) electrons. The molecule has 1 atom stereocenters. The van der Waals surface area contributed by atoms with Gasteiger partial charge in [-0.3, -0.25) is 4.79 Å². The van der Waals surface area contributed by atoms with E-state index in [1.165, 1.54) is 13.2 Å². The Bertz CT molecular complexity index is 334. The summed E-state index contributed by atoms with van der Waals surface area (Å²) in [5, 5.41) is 0. The number of carbonyl (C=O) groups is 2. The van der Waals surface area contributed by atoms with Gasteiger partial charge in [-0.1, -0.05) is 18.2 Å². The van der Waals surface area contributed by atoms with Gasteiger partial charge in [-0.15, -0.1) is 0 Å². The lowest BCUT2D eigenvalue weighted by Gasteiger charge is -2.32. The normalized spacial score (nSPS) is 21.1. The molecule has 1 rings (SSSR count). The summed E-state index contributed by atoms with van der Waals surface area (Å²) in [4.78, 5) is 25.1. The topological polar surface area (TPSA) is 46.6 Å². The number of hydrogen-bond acceptors (Lipinski definition) is 3. The molecule has 1 saturated heterocycles. The van der Waals surface area contributed by atoms with E-state index in [0.29, 0.717) is 13.0 Å². The van der Waals surface area contributed by atoms with Gasteiger partial charge in [0.2, 0.25) is 5.91 Å². The van der Waals surface area contributed by atoms with Crippen LogP contribution >= 0.6 is 0 Å². The lowest BCUT2D eigenvalue weighted by molar-refractivity contribution is -0.153. The Morgan fingerprint density at radius 2 is 2.06 bits per heavy atom. The Hall–Kier alpha value is -1.58. The number of amides is 1. The third-order valence-corrected chi connectivity index (χ3v) is 2.80. The zero-order valence-corrected chi connectivity index (χ0v) is 10.4. The number of piperidine rings is 1. The Morgan fingerprint density at radius 3 is 2.71 bits per heavy atom. The first-order valence-corrected chi connectivity index (χ1v) is 5.88. The number of ether oxygens (including phenoxy) is 1. The second-order valence-electron chi connectivity index (χ2n) is 3.95. The zero-order valence-electron chi connectivity index (χ0n) is 10.4. The molecule has 0 aromatic rings. The second-order valence-corrected chi connectivity index (χ2v) is 3.95. The average Bonchev–Trinajstić information content (AvgIpc) is 2.38. The van der Waals surface area contributed by atoms with E-state index in [4.69, 9.17) is 4.74 Å². The number of esters is 1. The van der Waals surface area contributed by atoms with Crippen LogP contribution in [0.2, 0.25) is 0 Å². The van der Waals surface area contributed by atoms with Crippen molar-refractivity contribution in [2.45, 2.75) is 32.2 Å². The first-order chi connectivity index (χ1) is 8.20.